The second-order valence-corrected chi connectivity index (χ2v) is 0.887. The molecular formula is C2H8N4O4. The van der Waals surface area contributed by atoms with Crippen LogP contribution in [0.25, 0.3) is 0 Å². The van der Waals surface area contributed by atoms with Gasteiger partial charge in [0.05, 0.1) is 0 Å². The highest BCUT2D eigenvalue weighted by molar-refractivity contribution is 5.73. The van der Waals surface area contributed by atoms with E-state index in [4.69, 9.17) is 5.21 Å². The molecule has 8 N–H and O–H groups in total. The average Bonchev–Trinajstić information content (AvgIpc) is 1.89. The van der Waals surface area contributed by atoms with Crippen molar-refractivity contribution in [2.24, 2.45) is 17.4 Å². The zero-order valence-electron chi connectivity index (χ0n) is 4.90. The number of urea groups is 1. The number of rotatable bonds is 0. The van der Waals surface area contributed by atoms with Gasteiger partial charge in [0.15, 0.2) is 0 Å². The van der Waals surface area contributed by atoms with Crippen molar-refractivity contribution < 1.29 is 19.6 Å². The molecular weight excluding hydrogens is 144 g/mol. The van der Waals surface area contributed by atoms with Crippen LogP contribution in [0, 0.1) is 0 Å². The van der Waals surface area contributed by atoms with Gasteiger partial charge < -0.3 is 21.5 Å². The lowest BCUT2D eigenvalue weighted by Crippen LogP contribution is -2.33. The van der Waals surface area contributed by atoms with Crippen LogP contribution in [-0.4, -0.2) is 17.3 Å². The first-order chi connectivity index (χ1) is 4.63. The minimum absolute atomic E-state index is 0.969. The van der Waals surface area contributed by atoms with Crippen LogP contribution < -0.4 is 22.8 Å². The van der Waals surface area contributed by atoms with Crippen molar-refractivity contribution in [3.63, 3.8) is 0 Å². The highest BCUT2D eigenvalue weighted by Crippen LogP contribution is 1.61. The molecule has 0 aromatic carbocycles. The summed E-state index contributed by atoms with van der Waals surface area (Å²) >= 11 is 0. The van der Waals surface area contributed by atoms with Gasteiger partial charge in [-0.25, -0.2) is 15.5 Å². The van der Waals surface area contributed by atoms with E-state index in [1.54, 1.807) is 0 Å². The lowest BCUT2D eigenvalue weighted by molar-refractivity contribution is 0.111. The third kappa shape index (κ3) is 16.1. The van der Waals surface area contributed by atoms with Gasteiger partial charge in [0.25, 0.3) is 0 Å². The molecule has 60 valence electrons. The van der Waals surface area contributed by atoms with Crippen molar-refractivity contribution in [3.05, 3.63) is 0 Å². The van der Waals surface area contributed by atoms with Gasteiger partial charge in [-0.05, 0) is 0 Å². The fourth-order valence-electron chi connectivity index (χ4n) is 0.101. The summed E-state index contributed by atoms with van der Waals surface area (Å²) in [4.78, 5) is 23.0. The van der Waals surface area contributed by atoms with E-state index in [1.165, 1.54) is 5.48 Å². The molecule has 0 aliphatic carbocycles. The van der Waals surface area contributed by atoms with Crippen LogP contribution in [-0.2, 0) is 4.84 Å². The zero-order chi connectivity index (χ0) is 8.57. The zero-order valence-corrected chi connectivity index (χ0v) is 4.90. The summed E-state index contributed by atoms with van der Waals surface area (Å²) in [5.41, 5.74) is 10.4. The summed E-state index contributed by atoms with van der Waals surface area (Å²) in [5.74, 6) is 3.50. The van der Waals surface area contributed by atoms with E-state index in [1.807, 2.05) is 0 Å². The van der Waals surface area contributed by atoms with Gasteiger partial charge in [0.1, 0.15) is 0 Å². The second-order valence-electron chi connectivity index (χ2n) is 0.887. The Hall–Kier alpha value is -1.54. The lowest BCUT2D eigenvalue weighted by atomic mass is 11.1. The van der Waals surface area contributed by atoms with Crippen molar-refractivity contribution in [3.8, 4) is 0 Å². The van der Waals surface area contributed by atoms with Crippen LogP contribution in [0.15, 0.2) is 0 Å². The standard InChI is InChI=1S/C2H5N3O3.H3NO/c3-1(6)5-8-2(4)7;1-2/h(H2,4,7)(H3,3,5,6);2H,1H2. The Morgan fingerprint density at radius 3 is 1.80 bits per heavy atom. The fraction of sp³-hybridized carbons (Fsp3) is 0. The summed E-state index contributed by atoms with van der Waals surface area (Å²) in [6.07, 6.45) is -1.11. The van der Waals surface area contributed by atoms with Gasteiger partial charge in [-0.15, -0.1) is 0 Å². The largest absolute Gasteiger partial charge is 0.428 e. The minimum atomic E-state index is -1.11. The Kier molecular flexibility index (Phi) is 8.42. The van der Waals surface area contributed by atoms with Crippen molar-refractivity contribution in [1.29, 1.82) is 0 Å². The predicted octanol–water partition coefficient (Wildman–Crippen LogP) is -2.00. The predicted molar refractivity (Wildman–Crippen MR) is 29.4 cm³/mol. The summed E-state index contributed by atoms with van der Waals surface area (Å²) in [6.45, 7) is 0. The summed E-state index contributed by atoms with van der Waals surface area (Å²) in [5, 5.41) is 6.50. The maximum absolute atomic E-state index is 9.68. The molecule has 8 nitrogen and oxygen atoms in total. The van der Waals surface area contributed by atoms with Gasteiger partial charge in [0, 0.05) is 0 Å². The molecule has 0 radical (unpaired) electrons. The normalized spacial score (nSPS) is 6.60. The van der Waals surface area contributed by atoms with E-state index in [2.05, 4.69) is 22.2 Å². The third-order valence-electron chi connectivity index (χ3n) is 0.252. The van der Waals surface area contributed by atoms with Crippen molar-refractivity contribution in [1.82, 2.24) is 5.48 Å². The average molecular weight is 152 g/mol. The Morgan fingerprint density at radius 2 is 1.70 bits per heavy atom. The van der Waals surface area contributed by atoms with Gasteiger partial charge in [-0.2, -0.15) is 5.48 Å². The number of hydroxylamine groups is 1. The number of amides is 3. The molecule has 3 amide bonds. The molecule has 0 saturated carbocycles. The highest BCUT2D eigenvalue weighted by atomic mass is 16.7. The Morgan fingerprint density at radius 1 is 1.30 bits per heavy atom. The molecule has 8 heteroatoms. The molecule has 0 rings (SSSR count). The van der Waals surface area contributed by atoms with E-state index in [0.29, 0.717) is 0 Å². The van der Waals surface area contributed by atoms with Crippen LogP contribution in [0.5, 0.6) is 0 Å². The molecule has 0 unspecified atom stereocenters. The van der Waals surface area contributed by atoms with E-state index in [-0.39, 0.29) is 0 Å². The van der Waals surface area contributed by atoms with E-state index in [0.717, 1.165) is 0 Å². The van der Waals surface area contributed by atoms with Crippen molar-refractivity contribution in [2.45, 2.75) is 0 Å². The van der Waals surface area contributed by atoms with Crippen LogP contribution in [0.2, 0.25) is 0 Å². The number of carbonyl (C=O) groups excluding carboxylic acids is 2. The molecule has 0 aliphatic heterocycles. The Labute approximate surface area is 55.8 Å². The smallest absolute Gasteiger partial charge is 0.349 e. The van der Waals surface area contributed by atoms with Crippen molar-refractivity contribution >= 4 is 12.1 Å². The Balaban J connectivity index is 0. The first kappa shape index (κ1) is 11.3. The molecule has 0 spiro atoms. The topological polar surface area (TPSA) is 154 Å². The number of hydrogen-bond acceptors (Lipinski definition) is 5. The van der Waals surface area contributed by atoms with Gasteiger partial charge in [-0.3, -0.25) is 0 Å². The summed E-state index contributed by atoms with van der Waals surface area (Å²) in [7, 11) is 0. The summed E-state index contributed by atoms with van der Waals surface area (Å²) < 4.78 is 0. The first-order valence-corrected chi connectivity index (χ1v) is 1.90. The molecule has 0 atom stereocenters. The molecule has 0 bridgehead atoms. The van der Waals surface area contributed by atoms with Crippen molar-refractivity contribution in [2.75, 3.05) is 0 Å². The maximum Gasteiger partial charge on any atom is 0.428 e. The molecule has 0 saturated heterocycles. The van der Waals surface area contributed by atoms with Gasteiger partial charge >= 0.3 is 12.1 Å². The molecule has 0 aromatic rings. The van der Waals surface area contributed by atoms with E-state index in [9.17, 15) is 9.59 Å². The molecule has 0 fully saturated rings. The number of primary amides is 2. The second kappa shape index (κ2) is 7.46. The van der Waals surface area contributed by atoms with Gasteiger partial charge in [0.2, 0.25) is 0 Å². The molecule has 0 aromatic heterocycles. The monoisotopic (exact) mass is 152 g/mol. The summed E-state index contributed by atoms with van der Waals surface area (Å²) in [6, 6.07) is -0.969. The van der Waals surface area contributed by atoms with Crippen LogP contribution in [0.1, 0.15) is 0 Å². The molecule has 0 aliphatic rings. The third-order valence-corrected chi connectivity index (χ3v) is 0.252. The lowest BCUT2D eigenvalue weighted by Gasteiger charge is -1.95. The SMILES string of the molecule is NC(=O)NOC(N)=O.NO. The highest BCUT2D eigenvalue weighted by Gasteiger charge is 1.93. The Bertz CT molecular complexity index is 99.8. The molecule has 0 heterocycles. The van der Waals surface area contributed by atoms with Crippen LogP contribution in [0.3, 0.4) is 0 Å². The van der Waals surface area contributed by atoms with E-state index >= 15 is 0 Å². The number of nitrogens with one attached hydrogen (secondary N) is 1. The number of carbonyl (C=O) groups is 2. The number of nitrogens with two attached hydrogens (primary N) is 3. The minimum Gasteiger partial charge on any atom is -0.349 e. The van der Waals surface area contributed by atoms with E-state index < -0.39 is 12.1 Å². The van der Waals surface area contributed by atoms with Gasteiger partial charge in [-0.1, -0.05) is 0 Å². The van der Waals surface area contributed by atoms with Crippen LogP contribution in [0.4, 0.5) is 9.59 Å². The first-order valence-electron chi connectivity index (χ1n) is 1.90. The fourth-order valence-corrected chi connectivity index (χ4v) is 0.101. The quantitative estimate of drug-likeness (QED) is 0.254. The maximum atomic E-state index is 9.68. The van der Waals surface area contributed by atoms with Crippen LogP contribution >= 0.6 is 0 Å². The molecule has 10 heavy (non-hydrogen) atoms. The number of hydrogen-bond donors (Lipinski definition) is 5.